The predicted octanol–water partition coefficient (Wildman–Crippen LogP) is 1.32. The van der Waals surface area contributed by atoms with Gasteiger partial charge in [-0.15, -0.1) is 11.3 Å². The third-order valence-electron chi connectivity index (χ3n) is 3.21. The van der Waals surface area contributed by atoms with Gasteiger partial charge in [0.25, 0.3) is 5.91 Å². The second-order valence-electron chi connectivity index (χ2n) is 4.86. The van der Waals surface area contributed by atoms with E-state index in [2.05, 4.69) is 22.5 Å². The normalized spacial score (nSPS) is 18.0. The van der Waals surface area contributed by atoms with Gasteiger partial charge in [0.15, 0.2) is 5.13 Å². The van der Waals surface area contributed by atoms with Gasteiger partial charge >= 0.3 is 0 Å². The van der Waals surface area contributed by atoms with Gasteiger partial charge in [-0.1, -0.05) is 6.92 Å². The summed E-state index contributed by atoms with van der Waals surface area (Å²) in [4.78, 5) is 29.6. The van der Waals surface area contributed by atoms with Crippen LogP contribution in [0.5, 0.6) is 0 Å². The van der Waals surface area contributed by atoms with Crippen molar-refractivity contribution in [2.75, 3.05) is 25.0 Å². The number of nitrogens with zero attached hydrogens (tertiary/aromatic N) is 2. The molecule has 7 heteroatoms. The number of rotatable bonds is 5. The zero-order valence-electron chi connectivity index (χ0n) is 11.8. The highest BCUT2D eigenvalue weighted by atomic mass is 32.1. The fourth-order valence-corrected chi connectivity index (χ4v) is 3.05. The van der Waals surface area contributed by atoms with Crippen LogP contribution in [-0.4, -0.2) is 47.4 Å². The summed E-state index contributed by atoms with van der Waals surface area (Å²) in [5, 5.41) is 8.07. The molecule has 6 nitrogen and oxygen atoms in total. The van der Waals surface area contributed by atoms with Crippen LogP contribution in [0, 0.1) is 0 Å². The first-order valence-corrected chi connectivity index (χ1v) is 7.74. The molecule has 1 aromatic rings. The Bertz CT molecular complexity index is 482. The fraction of sp³-hybridized carbons (Fsp3) is 0.615. The number of carbonyl (C=O) groups is 2. The second-order valence-corrected chi connectivity index (χ2v) is 5.72. The molecule has 20 heavy (non-hydrogen) atoms. The summed E-state index contributed by atoms with van der Waals surface area (Å²) >= 11 is 1.28. The Morgan fingerprint density at radius 1 is 1.60 bits per heavy atom. The minimum Gasteiger partial charge on any atom is -0.333 e. The van der Waals surface area contributed by atoms with Gasteiger partial charge in [-0.25, -0.2) is 4.98 Å². The summed E-state index contributed by atoms with van der Waals surface area (Å²) in [5.41, 5.74) is 0.416. The predicted molar refractivity (Wildman–Crippen MR) is 79.0 cm³/mol. The van der Waals surface area contributed by atoms with E-state index in [-0.39, 0.29) is 17.9 Å². The molecule has 110 valence electrons. The van der Waals surface area contributed by atoms with E-state index >= 15 is 0 Å². The van der Waals surface area contributed by atoms with Gasteiger partial charge in [0, 0.05) is 31.4 Å². The molecule has 2 heterocycles. The zero-order valence-corrected chi connectivity index (χ0v) is 12.6. The van der Waals surface area contributed by atoms with Crippen molar-refractivity contribution in [3.8, 4) is 0 Å². The van der Waals surface area contributed by atoms with E-state index in [1.807, 2.05) is 4.90 Å². The zero-order chi connectivity index (χ0) is 14.5. The van der Waals surface area contributed by atoms with Gasteiger partial charge in [-0.2, -0.15) is 0 Å². The van der Waals surface area contributed by atoms with Crippen LogP contribution >= 0.6 is 11.3 Å². The summed E-state index contributed by atoms with van der Waals surface area (Å²) in [6.45, 7) is 6.02. The number of nitrogens with one attached hydrogen (secondary N) is 2. The van der Waals surface area contributed by atoms with Crippen molar-refractivity contribution in [2.24, 2.45) is 0 Å². The highest BCUT2D eigenvalue weighted by Crippen LogP contribution is 2.19. The van der Waals surface area contributed by atoms with E-state index in [1.54, 1.807) is 5.38 Å². The van der Waals surface area contributed by atoms with Crippen LogP contribution in [-0.2, 0) is 4.79 Å². The van der Waals surface area contributed by atoms with Gasteiger partial charge in [0.2, 0.25) is 5.91 Å². The van der Waals surface area contributed by atoms with Crippen LogP contribution in [0.4, 0.5) is 5.13 Å². The third kappa shape index (κ3) is 3.55. The Labute approximate surface area is 122 Å². The standard InChI is InChI=1S/C13H20N4O2S/c1-3-6-17(10-4-5-14-7-10)12(19)11-8-20-13(16-11)15-9(2)18/h8,10,14H,3-7H2,1-2H3,(H,15,16,18). The number of amides is 2. The summed E-state index contributed by atoms with van der Waals surface area (Å²) in [6, 6.07) is 0.244. The van der Waals surface area contributed by atoms with Crippen molar-refractivity contribution < 1.29 is 9.59 Å². The fourth-order valence-electron chi connectivity index (χ4n) is 2.32. The lowest BCUT2D eigenvalue weighted by Crippen LogP contribution is -2.42. The van der Waals surface area contributed by atoms with Crippen LogP contribution < -0.4 is 10.6 Å². The molecule has 0 aromatic carbocycles. The monoisotopic (exact) mass is 296 g/mol. The number of hydrogen-bond acceptors (Lipinski definition) is 5. The maximum Gasteiger partial charge on any atom is 0.273 e. The maximum atomic E-state index is 12.6. The minimum atomic E-state index is -0.177. The van der Waals surface area contributed by atoms with Crippen molar-refractivity contribution in [3.05, 3.63) is 11.1 Å². The quantitative estimate of drug-likeness (QED) is 0.859. The number of hydrogen-bond donors (Lipinski definition) is 2. The maximum absolute atomic E-state index is 12.6. The molecule has 0 spiro atoms. The molecule has 0 bridgehead atoms. The van der Waals surface area contributed by atoms with Crippen molar-refractivity contribution in [1.29, 1.82) is 0 Å². The summed E-state index contributed by atoms with van der Waals surface area (Å²) in [5.74, 6) is -0.225. The molecule has 0 saturated carbocycles. The summed E-state index contributed by atoms with van der Waals surface area (Å²) in [7, 11) is 0. The third-order valence-corrected chi connectivity index (χ3v) is 3.96. The first-order valence-electron chi connectivity index (χ1n) is 6.86. The highest BCUT2D eigenvalue weighted by Gasteiger charge is 2.28. The number of anilines is 1. The molecule has 1 atom stereocenters. The average Bonchev–Trinajstić information content (AvgIpc) is 3.05. The van der Waals surface area contributed by atoms with Crippen molar-refractivity contribution in [1.82, 2.24) is 15.2 Å². The molecule has 0 aliphatic carbocycles. The Morgan fingerprint density at radius 2 is 2.40 bits per heavy atom. The highest BCUT2D eigenvalue weighted by molar-refractivity contribution is 7.14. The van der Waals surface area contributed by atoms with Gasteiger partial charge in [0.1, 0.15) is 5.69 Å². The molecular formula is C13H20N4O2S. The van der Waals surface area contributed by atoms with E-state index in [4.69, 9.17) is 0 Å². The second kappa shape index (κ2) is 6.81. The van der Waals surface area contributed by atoms with Crippen LogP contribution in [0.3, 0.4) is 0 Å². The summed E-state index contributed by atoms with van der Waals surface area (Å²) < 4.78 is 0. The van der Waals surface area contributed by atoms with E-state index in [0.29, 0.717) is 10.8 Å². The lowest BCUT2D eigenvalue weighted by molar-refractivity contribution is -0.114. The van der Waals surface area contributed by atoms with Gasteiger partial charge in [-0.05, 0) is 19.4 Å². The van der Waals surface area contributed by atoms with Crippen LogP contribution in [0.1, 0.15) is 37.2 Å². The van der Waals surface area contributed by atoms with Crippen molar-refractivity contribution in [3.63, 3.8) is 0 Å². The first kappa shape index (κ1) is 14.9. The lowest BCUT2D eigenvalue weighted by Gasteiger charge is -2.27. The van der Waals surface area contributed by atoms with Crippen LogP contribution in [0.25, 0.3) is 0 Å². The Morgan fingerprint density at radius 3 is 3.00 bits per heavy atom. The smallest absolute Gasteiger partial charge is 0.273 e. The molecule has 0 radical (unpaired) electrons. The molecule has 2 N–H and O–H groups in total. The van der Waals surface area contributed by atoms with E-state index < -0.39 is 0 Å². The molecule has 1 saturated heterocycles. The van der Waals surface area contributed by atoms with Crippen LogP contribution in [0.15, 0.2) is 5.38 Å². The number of carbonyl (C=O) groups excluding carboxylic acids is 2. The van der Waals surface area contributed by atoms with Crippen molar-refractivity contribution >= 4 is 28.3 Å². The van der Waals surface area contributed by atoms with E-state index in [9.17, 15) is 9.59 Å². The Balaban J connectivity index is 2.09. The van der Waals surface area contributed by atoms with Gasteiger partial charge in [0.05, 0.1) is 0 Å². The largest absolute Gasteiger partial charge is 0.333 e. The van der Waals surface area contributed by atoms with Crippen molar-refractivity contribution in [2.45, 2.75) is 32.7 Å². The minimum absolute atomic E-state index is 0.0478. The molecule has 1 unspecified atom stereocenters. The first-order chi connectivity index (χ1) is 9.61. The molecule has 1 fully saturated rings. The van der Waals surface area contributed by atoms with Gasteiger partial charge in [-0.3, -0.25) is 9.59 Å². The molecular weight excluding hydrogens is 276 g/mol. The van der Waals surface area contributed by atoms with Crippen LogP contribution in [0.2, 0.25) is 0 Å². The van der Waals surface area contributed by atoms with Gasteiger partial charge < -0.3 is 15.5 Å². The molecule has 1 aliphatic rings. The lowest BCUT2D eigenvalue weighted by atomic mass is 10.2. The molecule has 1 aromatic heterocycles. The van der Waals surface area contributed by atoms with E-state index in [1.165, 1.54) is 18.3 Å². The van der Waals surface area contributed by atoms with E-state index in [0.717, 1.165) is 32.5 Å². The summed E-state index contributed by atoms with van der Waals surface area (Å²) in [6.07, 6.45) is 1.90. The SMILES string of the molecule is CCCN(C(=O)c1csc(NC(C)=O)n1)C1CCNC1. The molecule has 2 rings (SSSR count). The molecule has 1 aliphatic heterocycles. The topological polar surface area (TPSA) is 74.3 Å². The average molecular weight is 296 g/mol. The Hall–Kier alpha value is -1.47. The Kier molecular flexibility index (Phi) is 5.08. The number of thiazole rings is 1. The number of aromatic nitrogens is 1. The molecule has 2 amide bonds.